The fourth-order valence-corrected chi connectivity index (χ4v) is 4.99. The molecule has 0 saturated heterocycles. The largest absolute Gasteiger partial charge is 0.144 e. The first kappa shape index (κ1) is 15.4. The minimum atomic E-state index is 0.349. The van der Waals surface area contributed by atoms with E-state index < -0.39 is 0 Å². The molecule has 114 valence electrons. The Kier molecular flexibility index (Phi) is 4.34. The molecule has 21 heavy (non-hydrogen) atoms. The maximum Gasteiger partial charge on any atom is 0.0367 e. The molecular weight excluding hydrogens is 296 g/mol. The van der Waals surface area contributed by atoms with E-state index in [0.717, 1.165) is 12.3 Å². The molecule has 1 aromatic carbocycles. The summed E-state index contributed by atoms with van der Waals surface area (Å²) in [5.74, 6) is 1.44. The first-order chi connectivity index (χ1) is 9.95. The van der Waals surface area contributed by atoms with E-state index in [1.165, 1.54) is 34.9 Å². The maximum absolute atomic E-state index is 6.67. The van der Waals surface area contributed by atoms with Crippen molar-refractivity contribution in [2.24, 2.45) is 17.3 Å². The Morgan fingerprint density at radius 2 is 1.95 bits per heavy atom. The van der Waals surface area contributed by atoms with Gasteiger partial charge in [0.1, 0.15) is 0 Å². The quantitative estimate of drug-likeness (QED) is 0.553. The van der Waals surface area contributed by atoms with Crippen molar-refractivity contribution in [1.29, 1.82) is 0 Å². The highest BCUT2D eigenvalue weighted by atomic mass is 35.5. The minimum absolute atomic E-state index is 0.349. The lowest BCUT2D eigenvalue weighted by Gasteiger charge is -2.40. The first-order valence-electron chi connectivity index (χ1n) is 8.04. The van der Waals surface area contributed by atoms with Crippen molar-refractivity contribution in [2.45, 2.75) is 51.8 Å². The first-order valence-corrected chi connectivity index (χ1v) is 9.36. The molecule has 0 nitrogen and oxygen atoms in total. The number of benzene rings is 1. The predicted octanol–water partition coefficient (Wildman–Crippen LogP) is 6.51. The highest BCUT2D eigenvalue weighted by Crippen LogP contribution is 2.43. The number of halogens is 1. The molecule has 3 unspecified atom stereocenters. The third kappa shape index (κ3) is 3.29. The van der Waals surface area contributed by atoms with Crippen molar-refractivity contribution in [3.63, 3.8) is 0 Å². The van der Waals surface area contributed by atoms with E-state index in [1.54, 1.807) is 0 Å². The van der Waals surface area contributed by atoms with Gasteiger partial charge in [0, 0.05) is 10.1 Å². The third-order valence-corrected chi connectivity index (χ3v) is 6.74. The number of hydrogen-bond donors (Lipinski definition) is 0. The molecule has 0 bridgehead atoms. The van der Waals surface area contributed by atoms with Crippen LogP contribution in [-0.2, 0) is 6.42 Å². The van der Waals surface area contributed by atoms with Crippen molar-refractivity contribution in [2.75, 3.05) is 0 Å². The molecule has 1 aromatic heterocycles. The van der Waals surface area contributed by atoms with E-state index in [1.807, 2.05) is 11.3 Å². The fourth-order valence-electron chi connectivity index (χ4n) is 3.70. The molecule has 1 fully saturated rings. The highest BCUT2D eigenvalue weighted by molar-refractivity contribution is 7.17. The summed E-state index contributed by atoms with van der Waals surface area (Å²) in [5, 5.41) is 4.13. The topological polar surface area (TPSA) is 0 Å². The minimum Gasteiger partial charge on any atom is -0.144 e. The molecule has 1 aliphatic rings. The molecule has 1 aliphatic carbocycles. The Balaban J connectivity index is 1.79. The van der Waals surface area contributed by atoms with Gasteiger partial charge in [-0.3, -0.25) is 0 Å². The van der Waals surface area contributed by atoms with Crippen LogP contribution in [0.3, 0.4) is 0 Å². The van der Waals surface area contributed by atoms with Crippen LogP contribution in [0.25, 0.3) is 10.1 Å². The van der Waals surface area contributed by atoms with Gasteiger partial charge >= 0.3 is 0 Å². The average molecular weight is 321 g/mol. The van der Waals surface area contributed by atoms with Gasteiger partial charge in [0.2, 0.25) is 0 Å². The lowest BCUT2D eigenvalue weighted by atomic mass is 9.68. The summed E-state index contributed by atoms with van der Waals surface area (Å²) in [7, 11) is 0. The predicted molar refractivity (Wildman–Crippen MR) is 95.5 cm³/mol. The molecule has 0 spiro atoms. The van der Waals surface area contributed by atoms with Gasteiger partial charge in [0.25, 0.3) is 0 Å². The lowest BCUT2D eigenvalue weighted by molar-refractivity contribution is 0.144. The smallest absolute Gasteiger partial charge is 0.0367 e. The number of rotatable bonds is 2. The number of thiophene rings is 1. The molecule has 3 rings (SSSR count). The van der Waals surface area contributed by atoms with Gasteiger partial charge in [-0.25, -0.2) is 0 Å². The molecule has 3 atom stereocenters. The van der Waals surface area contributed by atoms with Crippen LogP contribution in [0.5, 0.6) is 0 Å². The van der Waals surface area contributed by atoms with Crippen molar-refractivity contribution in [3.8, 4) is 0 Å². The van der Waals surface area contributed by atoms with Crippen molar-refractivity contribution in [1.82, 2.24) is 0 Å². The monoisotopic (exact) mass is 320 g/mol. The van der Waals surface area contributed by atoms with Crippen molar-refractivity contribution >= 4 is 33.0 Å². The van der Waals surface area contributed by atoms with E-state index in [9.17, 15) is 0 Å². The molecule has 1 saturated carbocycles. The third-order valence-electron chi connectivity index (χ3n) is 5.16. The summed E-state index contributed by atoms with van der Waals surface area (Å²) in [4.78, 5) is 0. The SMILES string of the molecule is CC(C)(C)C1CCC(Cl)C(Cc2csc3ccccc23)C1. The molecule has 0 aliphatic heterocycles. The molecule has 2 heteroatoms. The zero-order valence-corrected chi connectivity index (χ0v) is 14.8. The zero-order valence-electron chi connectivity index (χ0n) is 13.2. The highest BCUT2D eigenvalue weighted by Gasteiger charge is 2.35. The van der Waals surface area contributed by atoms with E-state index in [2.05, 4.69) is 50.4 Å². The van der Waals surface area contributed by atoms with E-state index in [4.69, 9.17) is 11.6 Å². The van der Waals surface area contributed by atoms with Crippen LogP contribution in [-0.4, -0.2) is 5.38 Å². The summed E-state index contributed by atoms with van der Waals surface area (Å²) >= 11 is 8.54. The van der Waals surface area contributed by atoms with Crippen LogP contribution in [0.15, 0.2) is 29.6 Å². The molecule has 2 aromatic rings. The van der Waals surface area contributed by atoms with Gasteiger partial charge in [0.05, 0.1) is 0 Å². The van der Waals surface area contributed by atoms with Gasteiger partial charge < -0.3 is 0 Å². The number of fused-ring (bicyclic) bond motifs is 1. The average Bonchev–Trinajstić information content (AvgIpc) is 2.83. The second-order valence-electron chi connectivity index (χ2n) is 7.61. The second kappa shape index (κ2) is 5.93. The van der Waals surface area contributed by atoms with Crippen LogP contribution < -0.4 is 0 Å². The second-order valence-corrected chi connectivity index (χ2v) is 9.09. The Labute approximate surface area is 137 Å². The van der Waals surface area contributed by atoms with Crippen molar-refractivity contribution in [3.05, 3.63) is 35.2 Å². The number of alkyl halides is 1. The van der Waals surface area contributed by atoms with Gasteiger partial charge in [0.15, 0.2) is 0 Å². The molecule has 0 N–H and O–H groups in total. The summed E-state index contributed by atoms with van der Waals surface area (Å²) < 4.78 is 1.40. The Hall–Kier alpha value is -0.530. The van der Waals surface area contributed by atoms with E-state index >= 15 is 0 Å². The Bertz CT molecular complexity index is 607. The number of hydrogen-bond acceptors (Lipinski definition) is 1. The normalized spacial score (nSPS) is 27.1. The van der Waals surface area contributed by atoms with Crippen LogP contribution in [0.1, 0.15) is 45.6 Å². The van der Waals surface area contributed by atoms with E-state index in [-0.39, 0.29) is 0 Å². The molecular formula is C19H25ClS. The summed E-state index contributed by atoms with van der Waals surface area (Å²) in [6, 6.07) is 8.76. The molecule has 1 heterocycles. The summed E-state index contributed by atoms with van der Waals surface area (Å²) in [6.45, 7) is 7.13. The van der Waals surface area contributed by atoms with Crippen LogP contribution >= 0.6 is 22.9 Å². The fraction of sp³-hybridized carbons (Fsp3) is 0.579. The lowest BCUT2D eigenvalue weighted by Crippen LogP contribution is -2.33. The van der Waals surface area contributed by atoms with Crippen LogP contribution in [0.2, 0.25) is 0 Å². The van der Waals surface area contributed by atoms with Crippen LogP contribution in [0, 0.1) is 17.3 Å². The van der Waals surface area contributed by atoms with Gasteiger partial charge in [-0.1, -0.05) is 39.0 Å². The molecule has 0 radical (unpaired) electrons. The van der Waals surface area contributed by atoms with Gasteiger partial charge in [-0.15, -0.1) is 22.9 Å². The maximum atomic E-state index is 6.67. The zero-order chi connectivity index (χ0) is 15.0. The summed E-state index contributed by atoms with van der Waals surface area (Å²) in [5.41, 5.74) is 1.91. The van der Waals surface area contributed by atoms with E-state index in [0.29, 0.717) is 16.7 Å². The van der Waals surface area contributed by atoms with Gasteiger partial charge in [-0.05, 0) is 65.3 Å². The van der Waals surface area contributed by atoms with Crippen molar-refractivity contribution < 1.29 is 0 Å². The standard InChI is InChI=1S/C19H25ClS/c1-19(2,3)15-8-9-17(20)13(11-15)10-14-12-21-18-7-5-4-6-16(14)18/h4-7,12-13,15,17H,8-11H2,1-3H3. The van der Waals surface area contributed by atoms with Crippen LogP contribution in [0.4, 0.5) is 0 Å². The van der Waals surface area contributed by atoms with Gasteiger partial charge in [-0.2, -0.15) is 0 Å². The molecule has 0 amide bonds. The Morgan fingerprint density at radius 3 is 2.71 bits per heavy atom. The summed E-state index contributed by atoms with van der Waals surface area (Å²) in [6.07, 6.45) is 4.89. The Morgan fingerprint density at radius 1 is 1.19 bits per heavy atom.